The van der Waals surface area contributed by atoms with Crippen LogP contribution in [-0.4, -0.2) is 35.9 Å². The quantitative estimate of drug-likeness (QED) is 0.261. The van der Waals surface area contributed by atoms with Gasteiger partial charge in [0.2, 0.25) is 0 Å². The smallest absolute Gasteiger partial charge is 0.357 e. The summed E-state index contributed by atoms with van der Waals surface area (Å²) in [6, 6.07) is 16.8. The molecule has 0 amide bonds. The van der Waals surface area contributed by atoms with Gasteiger partial charge in [-0.1, -0.05) is 42.5 Å². The number of carbonyl (C=O) groups excluding carboxylic acids is 2. The Morgan fingerprint density at radius 3 is 2.06 bits per heavy atom. The minimum atomic E-state index is -1.57. The summed E-state index contributed by atoms with van der Waals surface area (Å²) < 4.78 is 56.4. The van der Waals surface area contributed by atoms with E-state index >= 15 is 0 Å². The van der Waals surface area contributed by atoms with Gasteiger partial charge in [-0.3, -0.25) is 0 Å². The lowest BCUT2D eigenvalue weighted by Crippen LogP contribution is -2.15. The second-order valence-corrected chi connectivity index (χ2v) is 7.49. The van der Waals surface area contributed by atoms with Crippen LogP contribution in [0.3, 0.4) is 0 Å². The van der Waals surface area contributed by atoms with E-state index in [1.54, 1.807) is 54.6 Å². The highest BCUT2D eigenvalue weighted by molar-refractivity contribution is 6.06. The van der Waals surface area contributed by atoms with Crippen molar-refractivity contribution in [2.75, 3.05) is 14.2 Å². The Hall–Kier alpha value is -4.60. The highest BCUT2D eigenvalue weighted by Gasteiger charge is 2.31. The molecule has 0 bridgehead atoms. The molecule has 10 heteroatoms. The van der Waals surface area contributed by atoms with Gasteiger partial charge >= 0.3 is 11.9 Å². The molecule has 0 saturated carbocycles. The summed E-state index contributed by atoms with van der Waals surface area (Å²) >= 11 is 0. The van der Waals surface area contributed by atoms with Crippen LogP contribution in [0.25, 0.3) is 16.9 Å². The van der Waals surface area contributed by atoms with Crippen molar-refractivity contribution in [1.29, 1.82) is 0 Å². The first-order chi connectivity index (χ1) is 17.3. The maximum atomic E-state index is 13.4. The van der Waals surface area contributed by atoms with Crippen molar-refractivity contribution in [3.8, 4) is 22.7 Å². The Morgan fingerprint density at radius 1 is 0.861 bits per heavy atom. The van der Waals surface area contributed by atoms with E-state index in [4.69, 9.17) is 14.2 Å². The van der Waals surface area contributed by atoms with Crippen molar-refractivity contribution in [2.24, 2.45) is 0 Å². The van der Waals surface area contributed by atoms with Crippen LogP contribution < -0.4 is 4.74 Å². The zero-order chi connectivity index (χ0) is 25.8. The van der Waals surface area contributed by atoms with E-state index < -0.39 is 29.4 Å². The van der Waals surface area contributed by atoms with Gasteiger partial charge < -0.3 is 14.2 Å². The molecular formula is C26H19F3N2O5. The third-order valence-electron chi connectivity index (χ3n) is 5.24. The van der Waals surface area contributed by atoms with Crippen molar-refractivity contribution >= 4 is 11.9 Å². The van der Waals surface area contributed by atoms with E-state index in [1.807, 2.05) is 0 Å². The molecule has 1 heterocycles. The fourth-order valence-corrected chi connectivity index (χ4v) is 3.50. The standard InChI is InChI=1S/C26H19F3N2O5/c1-34-25(32)21-23(30-31(24(21)26(33)35-2)17-6-4-3-5-7-17)16-10-8-15(9-11-16)14-36-18-12-19(27)22(29)20(28)13-18/h3-13H,14H2,1-2H3. The summed E-state index contributed by atoms with van der Waals surface area (Å²) in [5.74, 6) is -6.01. The van der Waals surface area contributed by atoms with Gasteiger partial charge in [0.25, 0.3) is 0 Å². The van der Waals surface area contributed by atoms with E-state index in [9.17, 15) is 22.8 Å². The summed E-state index contributed by atoms with van der Waals surface area (Å²) in [6.45, 7) is -0.0689. The minimum absolute atomic E-state index is 0.0689. The number of carbonyl (C=O) groups is 2. The van der Waals surface area contributed by atoms with E-state index in [0.29, 0.717) is 16.8 Å². The van der Waals surface area contributed by atoms with E-state index in [2.05, 4.69) is 5.10 Å². The summed E-state index contributed by atoms with van der Waals surface area (Å²) in [6.07, 6.45) is 0. The highest BCUT2D eigenvalue weighted by Crippen LogP contribution is 2.30. The first kappa shape index (κ1) is 24.5. The molecule has 0 spiro atoms. The number of hydrogen-bond acceptors (Lipinski definition) is 6. The third kappa shape index (κ3) is 4.78. The van der Waals surface area contributed by atoms with Gasteiger partial charge in [-0.15, -0.1) is 0 Å². The number of benzene rings is 3. The average molecular weight is 496 g/mol. The Morgan fingerprint density at radius 2 is 1.47 bits per heavy atom. The summed E-state index contributed by atoms with van der Waals surface area (Å²) in [4.78, 5) is 25.4. The molecule has 4 rings (SSSR count). The number of methoxy groups -OCH3 is 2. The Labute approximate surface area is 203 Å². The first-order valence-electron chi connectivity index (χ1n) is 10.6. The highest BCUT2D eigenvalue weighted by atomic mass is 19.2. The molecular weight excluding hydrogens is 477 g/mol. The van der Waals surface area contributed by atoms with Crippen LogP contribution in [-0.2, 0) is 16.1 Å². The number of aromatic nitrogens is 2. The van der Waals surface area contributed by atoms with Gasteiger partial charge in [-0.25, -0.2) is 27.4 Å². The molecule has 0 atom stereocenters. The maximum absolute atomic E-state index is 13.4. The van der Waals surface area contributed by atoms with Crippen LogP contribution >= 0.6 is 0 Å². The van der Waals surface area contributed by atoms with E-state index in [1.165, 1.54) is 18.9 Å². The normalized spacial score (nSPS) is 10.7. The number of nitrogens with zero attached hydrogens (tertiary/aromatic N) is 2. The zero-order valence-corrected chi connectivity index (χ0v) is 19.1. The predicted octanol–water partition coefficient (Wildman–Crippen LogP) is 5.11. The molecule has 0 aliphatic rings. The minimum Gasteiger partial charge on any atom is -0.489 e. The molecule has 1 aromatic heterocycles. The van der Waals surface area contributed by atoms with Gasteiger partial charge in [0, 0.05) is 17.7 Å². The van der Waals surface area contributed by atoms with Gasteiger partial charge in [-0.2, -0.15) is 5.10 Å². The summed E-state index contributed by atoms with van der Waals surface area (Å²) in [7, 11) is 2.38. The molecule has 36 heavy (non-hydrogen) atoms. The van der Waals surface area contributed by atoms with Crippen LogP contribution in [0.15, 0.2) is 66.7 Å². The molecule has 0 aliphatic carbocycles. The van der Waals surface area contributed by atoms with Gasteiger partial charge in [0.1, 0.15) is 23.6 Å². The lowest BCUT2D eigenvalue weighted by Gasteiger charge is -2.08. The van der Waals surface area contributed by atoms with Gasteiger partial charge in [0.15, 0.2) is 23.1 Å². The maximum Gasteiger partial charge on any atom is 0.357 e. The Balaban J connectivity index is 1.70. The number of ether oxygens (including phenoxy) is 3. The molecule has 7 nitrogen and oxygen atoms in total. The van der Waals surface area contributed by atoms with Crippen molar-refractivity contribution in [3.05, 3.63) is 101 Å². The molecule has 4 aromatic rings. The van der Waals surface area contributed by atoms with Gasteiger partial charge in [-0.05, 0) is 17.7 Å². The Bertz CT molecular complexity index is 1400. The predicted molar refractivity (Wildman–Crippen MR) is 122 cm³/mol. The molecule has 0 unspecified atom stereocenters. The van der Waals surface area contributed by atoms with E-state index in [-0.39, 0.29) is 29.3 Å². The van der Waals surface area contributed by atoms with Crippen LogP contribution in [0.2, 0.25) is 0 Å². The number of halogens is 3. The molecule has 3 aromatic carbocycles. The molecule has 184 valence electrons. The summed E-state index contributed by atoms with van der Waals surface area (Å²) in [5.41, 5.74) is 1.63. The van der Waals surface area contributed by atoms with Crippen molar-refractivity contribution in [1.82, 2.24) is 9.78 Å². The van der Waals surface area contributed by atoms with Gasteiger partial charge in [0.05, 0.1) is 19.9 Å². The molecule has 0 fully saturated rings. The van der Waals surface area contributed by atoms with Crippen molar-refractivity contribution in [2.45, 2.75) is 6.61 Å². The molecule has 0 aliphatic heterocycles. The first-order valence-corrected chi connectivity index (χ1v) is 10.6. The fourth-order valence-electron chi connectivity index (χ4n) is 3.50. The summed E-state index contributed by atoms with van der Waals surface area (Å²) in [5, 5.41) is 4.50. The van der Waals surface area contributed by atoms with Crippen LogP contribution in [0.4, 0.5) is 13.2 Å². The number of rotatable bonds is 7. The largest absolute Gasteiger partial charge is 0.489 e. The van der Waals surface area contributed by atoms with E-state index in [0.717, 1.165) is 12.1 Å². The average Bonchev–Trinajstić information content (AvgIpc) is 3.31. The monoisotopic (exact) mass is 496 g/mol. The van der Waals surface area contributed by atoms with Crippen LogP contribution in [0.5, 0.6) is 5.75 Å². The van der Waals surface area contributed by atoms with Crippen molar-refractivity contribution in [3.63, 3.8) is 0 Å². The van der Waals surface area contributed by atoms with Crippen LogP contribution in [0, 0.1) is 17.5 Å². The second-order valence-electron chi connectivity index (χ2n) is 7.49. The van der Waals surface area contributed by atoms with Crippen molar-refractivity contribution < 1.29 is 37.0 Å². The third-order valence-corrected chi connectivity index (χ3v) is 5.24. The topological polar surface area (TPSA) is 79.7 Å². The lowest BCUT2D eigenvalue weighted by molar-refractivity contribution is 0.0549. The number of esters is 2. The zero-order valence-electron chi connectivity index (χ0n) is 19.1. The second kappa shape index (κ2) is 10.3. The molecule has 0 N–H and O–H groups in total. The van der Waals surface area contributed by atoms with Crippen LogP contribution in [0.1, 0.15) is 26.4 Å². The number of para-hydroxylation sites is 1. The Kier molecular flexibility index (Phi) is 7.05. The molecule has 0 saturated heterocycles. The molecule has 0 radical (unpaired) electrons. The number of hydrogen-bond donors (Lipinski definition) is 0. The fraction of sp³-hybridized carbons (Fsp3) is 0.115. The SMILES string of the molecule is COC(=O)c1c(-c2ccc(COc3cc(F)c(F)c(F)c3)cc2)nn(-c2ccccc2)c1C(=O)OC. The lowest BCUT2D eigenvalue weighted by atomic mass is 10.0.